The lowest BCUT2D eigenvalue weighted by molar-refractivity contribution is 0.144. The third-order valence-electron chi connectivity index (χ3n) is 3.90. The Labute approximate surface area is 144 Å². The van der Waals surface area contributed by atoms with Gasteiger partial charge in [0.1, 0.15) is 17.9 Å². The Bertz CT molecular complexity index is 878. The molecule has 0 fully saturated rings. The summed E-state index contributed by atoms with van der Waals surface area (Å²) in [7, 11) is 1.62. The van der Waals surface area contributed by atoms with E-state index in [0.29, 0.717) is 43.0 Å². The predicted octanol–water partition coefficient (Wildman–Crippen LogP) is 2.76. The molecule has 3 heterocycles. The molecule has 0 bridgehead atoms. The molecule has 0 atom stereocenters. The largest absolute Gasteiger partial charge is 0.493 e. The topological polar surface area (TPSA) is 79.5 Å². The van der Waals surface area contributed by atoms with E-state index in [2.05, 4.69) is 15.1 Å². The van der Waals surface area contributed by atoms with E-state index < -0.39 is 0 Å². The maximum atomic E-state index is 5.63. The van der Waals surface area contributed by atoms with Crippen molar-refractivity contribution >= 4 is 0 Å². The minimum absolute atomic E-state index is 0.368. The molecular weight excluding hydrogens is 322 g/mol. The zero-order valence-corrected chi connectivity index (χ0v) is 13.8. The molecule has 1 aliphatic heterocycles. The van der Waals surface area contributed by atoms with Crippen LogP contribution in [0.15, 0.2) is 41.1 Å². The number of hydrogen-bond donors (Lipinski definition) is 0. The van der Waals surface area contributed by atoms with Gasteiger partial charge in [0.2, 0.25) is 11.7 Å². The first kappa shape index (κ1) is 15.6. The lowest BCUT2D eigenvalue weighted by Crippen LogP contribution is -2.06. The lowest BCUT2D eigenvalue weighted by atomic mass is 10.1. The van der Waals surface area contributed by atoms with Crippen LogP contribution < -0.4 is 9.47 Å². The summed E-state index contributed by atoms with van der Waals surface area (Å²) in [5, 5.41) is 4.09. The number of ether oxygens (including phenoxy) is 3. The van der Waals surface area contributed by atoms with Crippen molar-refractivity contribution in [1.82, 2.24) is 15.1 Å². The zero-order valence-electron chi connectivity index (χ0n) is 13.8. The van der Waals surface area contributed by atoms with Gasteiger partial charge >= 0.3 is 0 Å². The molecule has 1 aliphatic rings. The van der Waals surface area contributed by atoms with Gasteiger partial charge in [0.25, 0.3) is 5.89 Å². The fourth-order valence-corrected chi connectivity index (χ4v) is 2.67. The molecule has 2 aromatic heterocycles. The van der Waals surface area contributed by atoms with Gasteiger partial charge in [0.15, 0.2) is 0 Å². The van der Waals surface area contributed by atoms with Gasteiger partial charge in [-0.3, -0.25) is 0 Å². The van der Waals surface area contributed by atoms with Crippen molar-refractivity contribution in [2.75, 3.05) is 26.9 Å². The molecule has 3 aromatic rings. The molecular formula is C18H17N3O4. The monoisotopic (exact) mass is 339 g/mol. The van der Waals surface area contributed by atoms with Crippen LogP contribution in [0.4, 0.5) is 0 Å². The Kier molecular flexibility index (Phi) is 4.30. The van der Waals surface area contributed by atoms with Crippen LogP contribution >= 0.6 is 0 Å². The predicted molar refractivity (Wildman–Crippen MR) is 89.5 cm³/mol. The Morgan fingerprint density at radius 3 is 3.08 bits per heavy atom. The lowest BCUT2D eigenvalue weighted by Gasteiger charge is -2.06. The second kappa shape index (κ2) is 6.90. The van der Waals surface area contributed by atoms with Crippen molar-refractivity contribution in [2.24, 2.45) is 0 Å². The van der Waals surface area contributed by atoms with Gasteiger partial charge in [-0.25, -0.2) is 4.98 Å². The Balaban J connectivity index is 1.61. The molecule has 7 heteroatoms. The Morgan fingerprint density at radius 2 is 2.16 bits per heavy atom. The first-order valence-electron chi connectivity index (χ1n) is 8.02. The number of hydrogen-bond acceptors (Lipinski definition) is 7. The molecule has 128 valence electrons. The molecule has 0 saturated heterocycles. The number of nitrogens with zero attached hydrogens (tertiary/aromatic N) is 3. The second-order valence-electron chi connectivity index (χ2n) is 5.54. The van der Waals surface area contributed by atoms with Crippen molar-refractivity contribution < 1.29 is 18.7 Å². The molecule has 4 rings (SSSR count). The molecule has 1 aromatic carbocycles. The summed E-state index contributed by atoms with van der Waals surface area (Å²) in [5.41, 5.74) is 2.71. The van der Waals surface area contributed by atoms with E-state index >= 15 is 0 Å². The summed E-state index contributed by atoms with van der Waals surface area (Å²) < 4.78 is 21.6. The van der Waals surface area contributed by atoms with Crippen molar-refractivity contribution in [3.8, 4) is 34.5 Å². The van der Waals surface area contributed by atoms with Crippen LogP contribution in [0.3, 0.4) is 0 Å². The fraction of sp³-hybridized carbons (Fsp3) is 0.278. The molecule has 0 N–H and O–H groups in total. The van der Waals surface area contributed by atoms with Gasteiger partial charge in [-0.1, -0.05) is 5.16 Å². The average molecular weight is 339 g/mol. The number of rotatable bonds is 6. The molecule has 0 radical (unpaired) electrons. The van der Waals surface area contributed by atoms with Crippen LogP contribution in [0.25, 0.3) is 22.8 Å². The van der Waals surface area contributed by atoms with E-state index in [1.54, 1.807) is 19.4 Å². The van der Waals surface area contributed by atoms with Crippen molar-refractivity contribution in [3.05, 3.63) is 42.1 Å². The molecule has 0 saturated carbocycles. The number of aromatic nitrogens is 3. The normalized spacial score (nSPS) is 12.7. The smallest absolute Gasteiger partial charge is 0.263 e. The highest BCUT2D eigenvalue weighted by Crippen LogP contribution is 2.31. The van der Waals surface area contributed by atoms with Crippen LogP contribution in [0.1, 0.15) is 5.56 Å². The molecule has 0 unspecified atom stereocenters. The third-order valence-corrected chi connectivity index (χ3v) is 3.90. The van der Waals surface area contributed by atoms with Crippen LogP contribution in [-0.2, 0) is 11.2 Å². The van der Waals surface area contributed by atoms with E-state index in [4.69, 9.17) is 18.7 Å². The highest BCUT2D eigenvalue weighted by molar-refractivity contribution is 5.64. The second-order valence-corrected chi connectivity index (χ2v) is 5.54. The van der Waals surface area contributed by atoms with E-state index in [1.807, 2.05) is 24.3 Å². The highest BCUT2D eigenvalue weighted by atomic mass is 16.5. The van der Waals surface area contributed by atoms with Gasteiger partial charge in [-0.2, -0.15) is 4.98 Å². The first-order valence-corrected chi connectivity index (χ1v) is 8.02. The summed E-state index contributed by atoms with van der Waals surface area (Å²) in [6.07, 6.45) is 2.55. The number of pyridine rings is 1. The number of fused-ring (bicyclic) bond motifs is 1. The maximum Gasteiger partial charge on any atom is 0.263 e. The first-order chi connectivity index (χ1) is 12.3. The zero-order chi connectivity index (χ0) is 17.1. The quantitative estimate of drug-likeness (QED) is 0.639. The summed E-state index contributed by atoms with van der Waals surface area (Å²) in [5.74, 6) is 2.26. The van der Waals surface area contributed by atoms with Crippen LogP contribution in [0, 0.1) is 0 Å². The Hall–Kier alpha value is -2.93. The molecule has 7 nitrogen and oxygen atoms in total. The third kappa shape index (κ3) is 3.18. The van der Waals surface area contributed by atoms with Gasteiger partial charge in [-0.15, -0.1) is 0 Å². The summed E-state index contributed by atoms with van der Waals surface area (Å²) in [4.78, 5) is 8.73. The highest BCUT2D eigenvalue weighted by Gasteiger charge is 2.18. The van der Waals surface area contributed by atoms with E-state index in [0.717, 1.165) is 23.3 Å². The van der Waals surface area contributed by atoms with Crippen molar-refractivity contribution in [2.45, 2.75) is 6.42 Å². The molecule has 0 spiro atoms. The summed E-state index contributed by atoms with van der Waals surface area (Å²) in [6.45, 7) is 1.59. The van der Waals surface area contributed by atoms with E-state index in [1.165, 1.54) is 0 Å². The number of benzene rings is 1. The minimum atomic E-state index is 0.368. The average Bonchev–Trinajstić information content (AvgIpc) is 3.31. The van der Waals surface area contributed by atoms with E-state index in [9.17, 15) is 0 Å². The number of methoxy groups -OCH3 is 1. The van der Waals surface area contributed by atoms with Gasteiger partial charge < -0.3 is 18.7 Å². The minimum Gasteiger partial charge on any atom is -0.493 e. The van der Waals surface area contributed by atoms with Crippen molar-refractivity contribution in [3.63, 3.8) is 0 Å². The fourth-order valence-electron chi connectivity index (χ4n) is 2.67. The van der Waals surface area contributed by atoms with E-state index in [-0.39, 0.29) is 0 Å². The summed E-state index contributed by atoms with van der Waals surface area (Å²) in [6, 6.07) is 9.55. The van der Waals surface area contributed by atoms with Gasteiger partial charge in [0, 0.05) is 25.3 Å². The SMILES string of the molecule is COCCOc1ncccc1-c1nc(-c2ccc3c(c2)CCO3)no1. The molecule has 25 heavy (non-hydrogen) atoms. The van der Waals surface area contributed by atoms with Gasteiger partial charge in [-0.05, 0) is 35.9 Å². The van der Waals surface area contributed by atoms with Crippen LogP contribution in [0.2, 0.25) is 0 Å². The summed E-state index contributed by atoms with van der Waals surface area (Å²) >= 11 is 0. The Morgan fingerprint density at radius 1 is 1.20 bits per heavy atom. The van der Waals surface area contributed by atoms with Gasteiger partial charge in [0.05, 0.1) is 13.2 Å². The standard InChI is InChI=1S/C18H17N3O4/c1-22-9-10-24-17-14(3-2-7-19-17)18-20-16(21-25-18)13-4-5-15-12(11-13)6-8-23-15/h2-5,7,11H,6,8-10H2,1H3. The molecule has 0 amide bonds. The van der Waals surface area contributed by atoms with Crippen molar-refractivity contribution in [1.29, 1.82) is 0 Å². The van der Waals surface area contributed by atoms with Crippen LogP contribution in [-0.4, -0.2) is 42.1 Å². The maximum absolute atomic E-state index is 5.63. The van der Waals surface area contributed by atoms with Crippen LogP contribution in [0.5, 0.6) is 11.6 Å². The molecule has 0 aliphatic carbocycles.